The van der Waals surface area contributed by atoms with Gasteiger partial charge in [-0.1, -0.05) is 12.5 Å². The maximum absolute atomic E-state index is 10.8. The molecule has 0 bridgehead atoms. The third kappa shape index (κ3) is 1.36. The highest BCUT2D eigenvalue weighted by Crippen LogP contribution is 2.08. The van der Waals surface area contributed by atoms with Crippen molar-refractivity contribution in [1.82, 2.24) is 0 Å². The maximum atomic E-state index is 10.8. The van der Waals surface area contributed by atoms with Crippen LogP contribution < -0.4 is 0 Å². The molecule has 1 aromatic heterocycles. The molecule has 0 saturated carbocycles. The Morgan fingerprint density at radius 1 is 1.80 bits per heavy atom. The number of hydrogen-bond acceptors (Lipinski definition) is 3. The van der Waals surface area contributed by atoms with Gasteiger partial charge in [0, 0.05) is 0 Å². The van der Waals surface area contributed by atoms with Gasteiger partial charge in [-0.25, -0.2) is 4.79 Å². The molecule has 1 heterocycles. The van der Waals surface area contributed by atoms with Gasteiger partial charge >= 0.3 is 5.97 Å². The number of ether oxygens (including phenoxy) is 1. The molecular formula is C7H4O2S. The average molecular weight is 152 g/mol. The highest BCUT2D eigenvalue weighted by molar-refractivity contribution is 7.11. The van der Waals surface area contributed by atoms with E-state index in [0.29, 0.717) is 4.88 Å². The normalized spacial score (nSPS) is 8.30. The molecular weight excluding hydrogens is 148 g/mol. The molecule has 0 aliphatic heterocycles. The highest BCUT2D eigenvalue weighted by atomic mass is 32.1. The molecule has 10 heavy (non-hydrogen) atoms. The van der Waals surface area contributed by atoms with E-state index in [0.717, 1.165) is 0 Å². The molecule has 1 rings (SSSR count). The van der Waals surface area contributed by atoms with Crippen molar-refractivity contribution in [2.24, 2.45) is 0 Å². The van der Waals surface area contributed by atoms with Crippen molar-refractivity contribution in [1.29, 1.82) is 0 Å². The molecule has 0 aliphatic rings. The minimum atomic E-state index is -0.461. The van der Waals surface area contributed by atoms with Crippen LogP contribution in [-0.2, 0) is 4.74 Å². The first-order valence-electron chi connectivity index (χ1n) is 2.55. The molecule has 0 N–H and O–H groups in total. The standard InChI is InChI=1S/C7H4O2S/c1-2-9-7(8)6-4-3-5-10-6/h1,3-5H. The number of rotatable bonds is 1. The summed E-state index contributed by atoms with van der Waals surface area (Å²) in [4.78, 5) is 11.3. The Labute approximate surface area is 62.4 Å². The largest absolute Gasteiger partial charge is 0.368 e. The third-order valence-corrected chi connectivity index (χ3v) is 1.72. The summed E-state index contributed by atoms with van der Waals surface area (Å²) in [6, 6.07) is 3.42. The first-order valence-corrected chi connectivity index (χ1v) is 3.43. The Morgan fingerprint density at radius 3 is 3.10 bits per heavy atom. The molecule has 1 aromatic rings. The molecule has 3 heteroatoms. The summed E-state index contributed by atoms with van der Waals surface area (Å²) in [6.07, 6.45) is 6.56. The first kappa shape index (κ1) is 6.84. The Bertz CT molecular complexity index is 256. The second-order valence-corrected chi connectivity index (χ2v) is 2.43. The zero-order valence-corrected chi connectivity index (χ0v) is 5.85. The molecule has 0 fully saturated rings. The second-order valence-electron chi connectivity index (χ2n) is 1.48. The fraction of sp³-hybridized carbons (Fsp3) is 0. The number of carbonyl (C=O) groups excluding carboxylic acids is 1. The van der Waals surface area contributed by atoms with Gasteiger partial charge in [0.25, 0.3) is 0 Å². The van der Waals surface area contributed by atoms with E-state index >= 15 is 0 Å². The van der Waals surface area contributed by atoms with Gasteiger partial charge in [-0.3, -0.25) is 0 Å². The maximum Gasteiger partial charge on any atom is 0.362 e. The minimum Gasteiger partial charge on any atom is -0.368 e. The van der Waals surface area contributed by atoms with Gasteiger partial charge in [-0.2, -0.15) is 0 Å². The van der Waals surface area contributed by atoms with Crippen LogP contribution >= 0.6 is 11.3 Å². The molecule has 50 valence electrons. The molecule has 0 atom stereocenters. The van der Waals surface area contributed by atoms with Gasteiger partial charge in [0.05, 0.1) is 0 Å². The molecule has 0 radical (unpaired) electrons. The van der Waals surface area contributed by atoms with Crippen LogP contribution in [0.15, 0.2) is 17.5 Å². The Hall–Kier alpha value is -1.27. The fourth-order valence-electron chi connectivity index (χ4n) is 0.499. The Balaban J connectivity index is 2.71. The van der Waals surface area contributed by atoms with Gasteiger partial charge in [-0.15, -0.1) is 11.3 Å². The van der Waals surface area contributed by atoms with Gasteiger partial charge in [-0.05, 0) is 11.4 Å². The number of terminal acetylenes is 1. The lowest BCUT2D eigenvalue weighted by Gasteiger charge is -1.88. The number of hydrogen-bond donors (Lipinski definition) is 0. The van der Waals surface area contributed by atoms with Crippen molar-refractivity contribution in [3.05, 3.63) is 22.4 Å². The summed E-state index contributed by atoms with van der Waals surface area (Å²) in [5, 5.41) is 1.78. The minimum absolute atomic E-state index is 0.461. The molecule has 0 aliphatic carbocycles. The monoisotopic (exact) mass is 152 g/mol. The molecule has 0 amide bonds. The Kier molecular flexibility index (Phi) is 2.08. The van der Waals surface area contributed by atoms with Crippen LogP contribution in [0.1, 0.15) is 9.67 Å². The van der Waals surface area contributed by atoms with Gasteiger partial charge < -0.3 is 4.74 Å². The van der Waals surface area contributed by atoms with Crippen molar-refractivity contribution in [2.45, 2.75) is 0 Å². The average Bonchev–Trinajstić information content (AvgIpc) is 2.38. The lowest BCUT2D eigenvalue weighted by molar-refractivity contribution is 0.0696. The predicted octanol–water partition coefficient (Wildman–Crippen LogP) is 1.50. The van der Waals surface area contributed by atoms with Crippen molar-refractivity contribution in [3.63, 3.8) is 0 Å². The molecule has 0 saturated heterocycles. The highest BCUT2D eigenvalue weighted by Gasteiger charge is 2.04. The number of carbonyl (C=O) groups is 1. The van der Waals surface area contributed by atoms with Gasteiger partial charge in [0.2, 0.25) is 0 Å². The van der Waals surface area contributed by atoms with Crippen LogP contribution in [0.3, 0.4) is 0 Å². The van der Waals surface area contributed by atoms with Crippen LogP contribution in [-0.4, -0.2) is 5.97 Å². The van der Waals surface area contributed by atoms with Gasteiger partial charge in [0.15, 0.2) is 0 Å². The van der Waals surface area contributed by atoms with Gasteiger partial charge in [0.1, 0.15) is 11.0 Å². The zero-order valence-electron chi connectivity index (χ0n) is 5.03. The van der Waals surface area contributed by atoms with E-state index < -0.39 is 5.97 Å². The fourth-order valence-corrected chi connectivity index (χ4v) is 1.10. The number of thiophene rings is 1. The summed E-state index contributed by atoms with van der Waals surface area (Å²) in [5.41, 5.74) is 0. The second kappa shape index (κ2) is 3.04. The molecule has 2 nitrogen and oxygen atoms in total. The summed E-state index contributed by atoms with van der Waals surface area (Å²) in [6.45, 7) is 0. The lowest BCUT2D eigenvalue weighted by atomic mass is 10.5. The van der Waals surface area contributed by atoms with Crippen LogP contribution in [0.25, 0.3) is 0 Å². The van der Waals surface area contributed by atoms with E-state index in [1.165, 1.54) is 11.3 Å². The molecule has 0 aromatic carbocycles. The van der Waals surface area contributed by atoms with E-state index in [9.17, 15) is 4.79 Å². The van der Waals surface area contributed by atoms with Crippen LogP contribution in [0.4, 0.5) is 0 Å². The van der Waals surface area contributed by atoms with E-state index in [1.807, 2.05) is 6.11 Å². The lowest BCUT2D eigenvalue weighted by Crippen LogP contribution is -1.96. The van der Waals surface area contributed by atoms with Crippen LogP contribution in [0, 0.1) is 12.5 Å². The summed E-state index contributed by atoms with van der Waals surface area (Å²) < 4.78 is 4.29. The van der Waals surface area contributed by atoms with Crippen LogP contribution in [0.2, 0.25) is 0 Å². The van der Waals surface area contributed by atoms with Crippen molar-refractivity contribution in [2.75, 3.05) is 0 Å². The van der Waals surface area contributed by atoms with Crippen molar-refractivity contribution < 1.29 is 9.53 Å². The topological polar surface area (TPSA) is 26.3 Å². The summed E-state index contributed by atoms with van der Waals surface area (Å²) in [5.74, 6) is -0.461. The zero-order chi connectivity index (χ0) is 7.40. The number of esters is 1. The van der Waals surface area contributed by atoms with Crippen molar-refractivity contribution in [3.8, 4) is 12.5 Å². The quantitative estimate of drug-likeness (QED) is 0.450. The Morgan fingerprint density at radius 2 is 2.60 bits per heavy atom. The van der Waals surface area contributed by atoms with E-state index in [-0.39, 0.29) is 0 Å². The summed E-state index contributed by atoms with van der Waals surface area (Å²) in [7, 11) is 0. The molecule has 0 spiro atoms. The molecule has 0 unspecified atom stereocenters. The summed E-state index contributed by atoms with van der Waals surface area (Å²) >= 11 is 1.30. The van der Waals surface area contributed by atoms with E-state index in [1.54, 1.807) is 17.5 Å². The van der Waals surface area contributed by atoms with E-state index in [2.05, 4.69) is 4.74 Å². The van der Waals surface area contributed by atoms with Crippen LogP contribution in [0.5, 0.6) is 0 Å². The van der Waals surface area contributed by atoms with Crippen molar-refractivity contribution >= 4 is 17.3 Å². The SMILES string of the molecule is C#COC(=O)c1cccs1. The smallest absolute Gasteiger partial charge is 0.362 e. The first-order chi connectivity index (χ1) is 4.84. The predicted molar refractivity (Wildman–Crippen MR) is 38.6 cm³/mol. The third-order valence-electron chi connectivity index (χ3n) is 0.874. The van der Waals surface area contributed by atoms with E-state index in [4.69, 9.17) is 6.42 Å².